The van der Waals surface area contributed by atoms with E-state index in [0.717, 1.165) is 70.3 Å². The number of halogens is 2. The van der Waals surface area contributed by atoms with Crippen molar-refractivity contribution in [2.75, 3.05) is 13.7 Å². The summed E-state index contributed by atoms with van der Waals surface area (Å²) in [5.41, 5.74) is 4.86. The molecule has 0 amide bonds. The minimum Gasteiger partial charge on any atom is -0.496 e. The van der Waals surface area contributed by atoms with E-state index in [-0.39, 0.29) is 6.61 Å². The predicted molar refractivity (Wildman–Crippen MR) is 124 cm³/mol. The Balaban J connectivity index is 1.71. The first-order valence-corrected chi connectivity index (χ1v) is 11.7. The lowest BCUT2D eigenvalue weighted by molar-refractivity contribution is -0.130. The van der Waals surface area contributed by atoms with E-state index in [1.54, 1.807) is 13.3 Å². The second-order valence-electron chi connectivity index (χ2n) is 8.85. The summed E-state index contributed by atoms with van der Waals surface area (Å²) in [6.45, 7) is 1.15. The van der Waals surface area contributed by atoms with Gasteiger partial charge in [-0.25, -0.2) is 4.98 Å². The normalized spacial score (nSPS) is 15.1. The molecule has 1 saturated carbocycles. The molecule has 0 bridgehead atoms. The molecule has 3 aromatic heterocycles. The van der Waals surface area contributed by atoms with E-state index in [4.69, 9.17) is 14.2 Å². The first-order valence-electron chi connectivity index (χ1n) is 11.7. The lowest BCUT2D eigenvalue weighted by Gasteiger charge is -2.22. The molecule has 1 aromatic carbocycles. The van der Waals surface area contributed by atoms with Gasteiger partial charge in [-0.05, 0) is 38.8 Å². The van der Waals surface area contributed by atoms with E-state index in [1.807, 2.05) is 30.5 Å². The average Bonchev–Trinajstić information content (AvgIpc) is 3.38. The second-order valence-corrected chi connectivity index (χ2v) is 8.85. The zero-order valence-corrected chi connectivity index (χ0v) is 19.6. The SMILES string of the molecule is COc1cc2c(cc1-c1c(C)noc1C)ncc1nc(C3CCCCC3)n(CCOC(F)F)c12. The van der Waals surface area contributed by atoms with Crippen molar-refractivity contribution in [1.82, 2.24) is 19.7 Å². The van der Waals surface area contributed by atoms with Crippen LogP contribution in [-0.2, 0) is 11.3 Å². The minimum atomic E-state index is -2.80. The van der Waals surface area contributed by atoms with Crippen LogP contribution in [0.4, 0.5) is 8.78 Å². The summed E-state index contributed by atoms with van der Waals surface area (Å²) < 4.78 is 43.3. The van der Waals surface area contributed by atoms with E-state index in [0.29, 0.717) is 24.0 Å². The zero-order valence-electron chi connectivity index (χ0n) is 19.6. The molecule has 34 heavy (non-hydrogen) atoms. The Bertz CT molecular complexity index is 1310. The highest BCUT2D eigenvalue weighted by molar-refractivity contribution is 6.05. The first-order chi connectivity index (χ1) is 16.5. The van der Waals surface area contributed by atoms with Crippen molar-refractivity contribution in [1.29, 1.82) is 0 Å². The summed E-state index contributed by atoms with van der Waals surface area (Å²) in [4.78, 5) is 9.62. The Morgan fingerprint density at radius 1 is 1.15 bits per heavy atom. The number of fused-ring (bicyclic) bond motifs is 3. The van der Waals surface area contributed by atoms with Crippen LogP contribution in [0.15, 0.2) is 22.9 Å². The van der Waals surface area contributed by atoms with Crippen LogP contribution in [0.2, 0.25) is 0 Å². The maximum atomic E-state index is 12.7. The number of methoxy groups -OCH3 is 1. The van der Waals surface area contributed by atoms with Crippen LogP contribution in [0.3, 0.4) is 0 Å². The number of aryl methyl sites for hydroxylation is 2. The van der Waals surface area contributed by atoms with Gasteiger partial charge in [0.2, 0.25) is 0 Å². The molecule has 5 rings (SSSR count). The number of imidazole rings is 1. The standard InChI is InChI=1S/C25H28F2N4O3/c1-14-22(15(2)34-30-14)18-11-19-17(12-21(18)32-3)23-20(13-28-19)29-24(16-7-5-4-6-8-16)31(23)9-10-33-25(26)27/h11-13,16,25H,4-10H2,1-3H3. The maximum Gasteiger partial charge on any atom is 0.345 e. The molecule has 0 spiro atoms. The van der Waals surface area contributed by atoms with Crippen LogP contribution in [0.25, 0.3) is 33.1 Å². The molecule has 0 unspecified atom stereocenters. The van der Waals surface area contributed by atoms with Crippen molar-refractivity contribution >= 4 is 21.9 Å². The smallest absolute Gasteiger partial charge is 0.345 e. The van der Waals surface area contributed by atoms with Crippen LogP contribution >= 0.6 is 0 Å². The molecular weight excluding hydrogens is 442 g/mol. The number of rotatable bonds is 7. The second kappa shape index (κ2) is 9.29. The monoisotopic (exact) mass is 470 g/mol. The molecule has 0 N–H and O–H groups in total. The van der Waals surface area contributed by atoms with E-state index in [9.17, 15) is 8.78 Å². The molecule has 9 heteroatoms. The third kappa shape index (κ3) is 4.02. The third-order valence-electron chi connectivity index (χ3n) is 6.75. The Morgan fingerprint density at radius 3 is 2.62 bits per heavy atom. The van der Waals surface area contributed by atoms with Gasteiger partial charge >= 0.3 is 6.61 Å². The minimum absolute atomic E-state index is 0.0963. The Labute approximate surface area is 196 Å². The van der Waals surface area contributed by atoms with Crippen molar-refractivity contribution in [3.8, 4) is 16.9 Å². The Kier molecular flexibility index (Phi) is 6.20. The van der Waals surface area contributed by atoms with Crippen LogP contribution < -0.4 is 4.74 Å². The predicted octanol–water partition coefficient (Wildman–Crippen LogP) is 6.15. The van der Waals surface area contributed by atoms with Crippen LogP contribution in [0.5, 0.6) is 5.75 Å². The number of alkyl halides is 2. The summed E-state index contributed by atoms with van der Waals surface area (Å²) in [5, 5.41) is 4.93. The maximum absolute atomic E-state index is 12.7. The molecule has 3 heterocycles. The quantitative estimate of drug-likeness (QED) is 0.322. The average molecular weight is 471 g/mol. The van der Waals surface area contributed by atoms with Gasteiger partial charge in [0.15, 0.2) is 0 Å². The fourth-order valence-electron chi connectivity index (χ4n) is 5.22. The number of benzene rings is 1. The molecule has 180 valence electrons. The molecule has 0 atom stereocenters. The van der Waals surface area contributed by atoms with Crippen LogP contribution in [-0.4, -0.2) is 40.0 Å². The number of ether oxygens (including phenoxy) is 2. The summed E-state index contributed by atoms with van der Waals surface area (Å²) in [7, 11) is 1.62. The number of aromatic nitrogens is 4. The van der Waals surface area contributed by atoms with Gasteiger partial charge in [-0.3, -0.25) is 4.98 Å². The lowest BCUT2D eigenvalue weighted by Crippen LogP contribution is -2.16. The number of pyridine rings is 1. The van der Waals surface area contributed by atoms with Gasteiger partial charge in [0.05, 0.1) is 42.2 Å². The molecule has 7 nitrogen and oxygen atoms in total. The van der Waals surface area contributed by atoms with Gasteiger partial charge < -0.3 is 18.6 Å². The van der Waals surface area contributed by atoms with Crippen molar-refractivity contribution in [3.63, 3.8) is 0 Å². The van der Waals surface area contributed by atoms with E-state index in [2.05, 4.69) is 14.9 Å². The fraction of sp³-hybridized carbons (Fsp3) is 0.480. The first kappa shape index (κ1) is 22.7. The summed E-state index contributed by atoms with van der Waals surface area (Å²) in [6.07, 6.45) is 7.37. The lowest BCUT2D eigenvalue weighted by atomic mass is 9.88. The van der Waals surface area contributed by atoms with Crippen molar-refractivity contribution in [2.24, 2.45) is 0 Å². The van der Waals surface area contributed by atoms with Crippen molar-refractivity contribution < 1.29 is 22.8 Å². The highest BCUT2D eigenvalue weighted by Gasteiger charge is 2.25. The van der Waals surface area contributed by atoms with Gasteiger partial charge in [-0.1, -0.05) is 24.4 Å². The third-order valence-corrected chi connectivity index (χ3v) is 6.75. The number of hydrogen-bond donors (Lipinski definition) is 0. The molecule has 0 saturated heterocycles. The van der Waals surface area contributed by atoms with Crippen LogP contribution in [0.1, 0.15) is 55.3 Å². The van der Waals surface area contributed by atoms with Gasteiger partial charge in [-0.15, -0.1) is 0 Å². The van der Waals surface area contributed by atoms with E-state index >= 15 is 0 Å². The Hall–Kier alpha value is -3.07. The zero-order chi connectivity index (χ0) is 23.8. The number of nitrogens with zero attached hydrogens (tertiary/aromatic N) is 4. The largest absolute Gasteiger partial charge is 0.496 e. The molecule has 4 aromatic rings. The van der Waals surface area contributed by atoms with E-state index in [1.165, 1.54) is 6.42 Å². The molecule has 1 fully saturated rings. The molecular formula is C25H28F2N4O3. The van der Waals surface area contributed by atoms with E-state index < -0.39 is 6.61 Å². The summed E-state index contributed by atoms with van der Waals surface area (Å²) in [6, 6.07) is 3.91. The molecule has 1 aliphatic carbocycles. The van der Waals surface area contributed by atoms with Gasteiger partial charge in [0, 0.05) is 23.4 Å². The highest BCUT2D eigenvalue weighted by atomic mass is 19.3. The van der Waals surface area contributed by atoms with Crippen molar-refractivity contribution in [3.05, 3.63) is 35.6 Å². The van der Waals surface area contributed by atoms with Gasteiger partial charge in [0.25, 0.3) is 0 Å². The van der Waals surface area contributed by atoms with Gasteiger partial charge in [-0.2, -0.15) is 8.78 Å². The molecule has 1 aliphatic rings. The topological polar surface area (TPSA) is 75.2 Å². The Morgan fingerprint density at radius 2 is 1.94 bits per heavy atom. The molecule has 0 radical (unpaired) electrons. The fourth-order valence-corrected chi connectivity index (χ4v) is 5.22. The van der Waals surface area contributed by atoms with Gasteiger partial charge in [0.1, 0.15) is 22.9 Å². The van der Waals surface area contributed by atoms with Crippen LogP contribution in [0, 0.1) is 13.8 Å². The molecule has 0 aliphatic heterocycles. The van der Waals surface area contributed by atoms with Crippen molar-refractivity contribution in [2.45, 2.75) is 65.0 Å². The highest BCUT2D eigenvalue weighted by Crippen LogP contribution is 2.40. The summed E-state index contributed by atoms with van der Waals surface area (Å²) >= 11 is 0. The summed E-state index contributed by atoms with van der Waals surface area (Å²) in [5.74, 6) is 2.58. The number of hydrogen-bond acceptors (Lipinski definition) is 6.